The second kappa shape index (κ2) is 5.71. The Morgan fingerprint density at radius 3 is 2.92 bits per heavy atom. The second-order valence-electron chi connectivity index (χ2n) is 7.58. The van der Waals surface area contributed by atoms with Gasteiger partial charge in [0, 0.05) is 45.0 Å². The number of benzene rings is 1. The Hall–Kier alpha value is -2.60. The average Bonchev–Trinajstić information content (AvgIpc) is 3.37. The smallest absolute Gasteiger partial charge is 0.259 e. The lowest BCUT2D eigenvalue weighted by molar-refractivity contribution is 0.0715. The van der Waals surface area contributed by atoms with Gasteiger partial charge in [0.2, 0.25) is 0 Å². The van der Waals surface area contributed by atoms with Crippen LogP contribution >= 0.6 is 0 Å². The van der Waals surface area contributed by atoms with E-state index < -0.39 is 0 Å². The molecule has 5 rings (SSSR count). The molecule has 1 amide bonds. The summed E-state index contributed by atoms with van der Waals surface area (Å²) in [6.07, 6.45) is 5.52. The van der Waals surface area contributed by atoms with Gasteiger partial charge in [-0.1, -0.05) is 24.3 Å². The van der Waals surface area contributed by atoms with E-state index in [9.17, 15) is 4.79 Å². The first kappa shape index (κ1) is 15.6. The monoisotopic (exact) mass is 349 g/mol. The van der Waals surface area contributed by atoms with Crippen LogP contribution in [-0.2, 0) is 7.05 Å². The number of hydrogen-bond acceptors (Lipinski definition) is 3. The summed E-state index contributed by atoms with van der Waals surface area (Å²) in [6.45, 7) is 4.91. The van der Waals surface area contributed by atoms with Gasteiger partial charge in [0.15, 0.2) is 0 Å². The molecule has 3 atom stereocenters. The lowest BCUT2D eigenvalue weighted by Gasteiger charge is -2.29. The van der Waals surface area contributed by atoms with Gasteiger partial charge in [-0.15, -0.1) is 0 Å². The highest BCUT2D eigenvalue weighted by molar-refractivity contribution is 6.00. The average molecular weight is 349 g/mol. The molecule has 6 heteroatoms. The van der Waals surface area contributed by atoms with Crippen molar-refractivity contribution in [2.24, 2.45) is 18.9 Å². The summed E-state index contributed by atoms with van der Waals surface area (Å²) in [6, 6.07) is 8.59. The fraction of sp³-hybridized carbons (Fsp3) is 0.400. The third-order valence-corrected chi connectivity index (χ3v) is 6.10. The Labute approximate surface area is 152 Å². The first-order valence-corrected chi connectivity index (χ1v) is 9.21. The molecule has 2 aliphatic heterocycles. The molecular formula is C20H23N5O. The maximum Gasteiger partial charge on any atom is 0.259 e. The molecule has 0 aliphatic carbocycles. The molecule has 1 N–H and O–H groups in total. The third-order valence-electron chi connectivity index (χ3n) is 6.10. The summed E-state index contributed by atoms with van der Waals surface area (Å²) in [5, 5.41) is 7.87. The number of fused-ring (bicyclic) bond motifs is 2. The van der Waals surface area contributed by atoms with E-state index in [4.69, 9.17) is 0 Å². The maximum atomic E-state index is 13.5. The predicted octanol–water partition coefficient (Wildman–Crippen LogP) is 2.01. The van der Waals surface area contributed by atoms with Gasteiger partial charge in [0.25, 0.3) is 5.91 Å². The van der Waals surface area contributed by atoms with Crippen molar-refractivity contribution in [3.8, 4) is 0 Å². The van der Waals surface area contributed by atoms with E-state index in [1.165, 1.54) is 11.1 Å². The van der Waals surface area contributed by atoms with Gasteiger partial charge < -0.3 is 14.8 Å². The molecule has 2 saturated heterocycles. The van der Waals surface area contributed by atoms with E-state index in [0.29, 0.717) is 17.4 Å². The number of nitrogens with one attached hydrogen (secondary N) is 1. The molecule has 0 bridgehead atoms. The van der Waals surface area contributed by atoms with Crippen molar-refractivity contribution in [2.75, 3.05) is 19.6 Å². The fourth-order valence-electron chi connectivity index (χ4n) is 4.80. The number of likely N-dealkylation sites (tertiary alicyclic amines) is 1. The largest absolute Gasteiger partial charge is 0.334 e. The Morgan fingerprint density at radius 2 is 2.08 bits per heavy atom. The number of aromatic nitrogens is 3. The van der Waals surface area contributed by atoms with Crippen LogP contribution in [0, 0.1) is 18.8 Å². The minimum Gasteiger partial charge on any atom is -0.334 e. The number of imidazole rings is 1. The lowest BCUT2D eigenvalue weighted by atomic mass is 9.87. The summed E-state index contributed by atoms with van der Waals surface area (Å²) in [4.78, 5) is 15.6. The number of carbonyl (C=O) groups is 1. The highest BCUT2D eigenvalue weighted by atomic mass is 16.2. The van der Waals surface area contributed by atoms with E-state index in [0.717, 1.165) is 25.3 Å². The zero-order chi connectivity index (χ0) is 17.8. The van der Waals surface area contributed by atoms with Gasteiger partial charge in [0.05, 0.1) is 12.2 Å². The van der Waals surface area contributed by atoms with Crippen LogP contribution in [0.5, 0.6) is 0 Å². The molecule has 0 radical (unpaired) electrons. The van der Waals surface area contributed by atoms with Crippen molar-refractivity contribution in [1.29, 1.82) is 0 Å². The molecule has 0 spiro atoms. The molecule has 2 fully saturated rings. The highest BCUT2D eigenvalue weighted by Crippen LogP contribution is 2.44. The zero-order valence-electron chi connectivity index (χ0n) is 15.1. The van der Waals surface area contributed by atoms with Gasteiger partial charge in [-0.05, 0) is 24.0 Å². The number of aryl methyl sites for hydroxylation is 2. The van der Waals surface area contributed by atoms with Gasteiger partial charge in [-0.3, -0.25) is 4.79 Å². The summed E-state index contributed by atoms with van der Waals surface area (Å²) in [5.41, 5.74) is 4.06. The first-order chi connectivity index (χ1) is 12.6. The Bertz CT molecular complexity index is 987. The van der Waals surface area contributed by atoms with E-state index in [1.54, 1.807) is 10.7 Å². The number of rotatable bonds is 2. The fourth-order valence-corrected chi connectivity index (χ4v) is 4.80. The van der Waals surface area contributed by atoms with Crippen molar-refractivity contribution in [3.05, 3.63) is 59.5 Å². The van der Waals surface area contributed by atoms with Crippen LogP contribution in [0.3, 0.4) is 0 Å². The molecular weight excluding hydrogens is 326 g/mol. The summed E-state index contributed by atoms with van der Waals surface area (Å²) < 4.78 is 3.73. The van der Waals surface area contributed by atoms with E-state index in [1.807, 2.05) is 24.0 Å². The third kappa shape index (κ3) is 2.15. The minimum atomic E-state index is 0.0875. The number of hydrogen-bond donors (Lipinski definition) is 1. The molecule has 26 heavy (non-hydrogen) atoms. The van der Waals surface area contributed by atoms with Crippen molar-refractivity contribution in [1.82, 2.24) is 24.4 Å². The van der Waals surface area contributed by atoms with Crippen molar-refractivity contribution in [3.63, 3.8) is 0 Å². The van der Waals surface area contributed by atoms with Crippen LogP contribution in [0.2, 0.25) is 0 Å². The quantitative estimate of drug-likeness (QED) is 0.770. The highest BCUT2D eigenvalue weighted by Gasteiger charge is 2.47. The normalized spacial score (nSPS) is 25.2. The minimum absolute atomic E-state index is 0.0875. The summed E-state index contributed by atoms with van der Waals surface area (Å²) in [7, 11) is 1.95. The van der Waals surface area contributed by atoms with Crippen LogP contribution in [0.15, 0.2) is 42.9 Å². The predicted molar refractivity (Wildman–Crippen MR) is 99.0 cm³/mol. The maximum absolute atomic E-state index is 13.5. The zero-order valence-corrected chi connectivity index (χ0v) is 15.1. The van der Waals surface area contributed by atoms with E-state index in [2.05, 4.69) is 46.5 Å². The van der Waals surface area contributed by atoms with Crippen LogP contribution in [0.25, 0.3) is 5.65 Å². The van der Waals surface area contributed by atoms with Crippen LogP contribution in [-0.4, -0.2) is 44.6 Å². The molecule has 4 heterocycles. The molecule has 2 aliphatic rings. The number of nitrogens with zero attached hydrogens (tertiary/aromatic N) is 4. The number of amides is 1. The van der Waals surface area contributed by atoms with Gasteiger partial charge in [-0.2, -0.15) is 5.10 Å². The Kier molecular flexibility index (Phi) is 3.43. The number of carbonyl (C=O) groups excluding carboxylic acids is 1. The van der Waals surface area contributed by atoms with Crippen molar-refractivity contribution >= 4 is 11.6 Å². The van der Waals surface area contributed by atoms with E-state index in [-0.39, 0.29) is 11.9 Å². The van der Waals surface area contributed by atoms with E-state index >= 15 is 0 Å². The summed E-state index contributed by atoms with van der Waals surface area (Å²) in [5.74, 6) is 1.08. The Balaban J connectivity index is 1.59. The van der Waals surface area contributed by atoms with Crippen molar-refractivity contribution < 1.29 is 4.79 Å². The topological polar surface area (TPSA) is 54.6 Å². The summed E-state index contributed by atoms with van der Waals surface area (Å²) >= 11 is 0. The van der Waals surface area contributed by atoms with Gasteiger partial charge in [-0.25, -0.2) is 4.52 Å². The van der Waals surface area contributed by atoms with Gasteiger partial charge >= 0.3 is 0 Å². The molecule has 6 nitrogen and oxygen atoms in total. The molecule has 0 saturated carbocycles. The van der Waals surface area contributed by atoms with Crippen LogP contribution in [0.4, 0.5) is 0 Å². The molecule has 2 aromatic heterocycles. The van der Waals surface area contributed by atoms with Crippen LogP contribution < -0.4 is 5.32 Å². The molecule has 134 valence electrons. The van der Waals surface area contributed by atoms with Crippen molar-refractivity contribution in [2.45, 2.75) is 13.0 Å². The molecule has 1 aromatic carbocycles. The SMILES string of the molecule is Cc1ccccc1[C@H]1[C@H]2CNC[C@H]2CN1C(=O)c1cnn2ccn(C)c12. The molecule has 0 unspecified atom stereocenters. The lowest BCUT2D eigenvalue weighted by Crippen LogP contribution is -2.35. The Morgan fingerprint density at radius 1 is 1.23 bits per heavy atom. The standard InChI is InChI=1S/C20H23N5O/c1-13-5-3-4-6-15(13)18-16-10-21-9-14(16)12-24(18)20(26)17-11-22-25-8-7-23(2)19(17)25/h3-8,11,14,16,18,21H,9-10,12H2,1-2H3/t14-,16-,18-/m0/s1. The second-order valence-corrected chi connectivity index (χ2v) is 7.58. The first-order valence-electron chi connectivity index (χ1n) is 9.21. The van der Waals surface area contributed by atoms with Gasteiger partial charge in [0.1, 0.15) is 11.2 Å². The van der Waals surface area contributed by atoms with Crippen LogP contribution in [0.1, 0.15) is 27.5 Å². The molecule has 3 aromatic rings.